The number of piperidine rings is 1. The maximum atomic E-state index is 12.4. The van der Waals surface area contributed by atoms with Crippen LogP contribution in [-0.2, 0) is 9.53 Å². The SMILES string of the molecule is C[C@@H]1CCCN1CCCOc1ccc(N2CCC3(CC2)CN(c2cccs2)C(=O)CO3)cc1. The van der Waals surface area contributed by atoms with Crippen LogP contribution in [-0.4, -0.2) is 68.4 Å². The Balaban J connectivity index is 1.09. The quantitative estimate of drug-likeness (QED) is 0.563. The zero-order valence-corrected chi connectivity index (χ0v) is 20.4. The van der Waals surface area contributed by atoms with E-state index in [4.69, 9.17) is 9.47 Å². The lowest BCUT2D eigenvalue weighted by Gasteiger charge is -2.47. The number of thiophene rings is 1. The summed E-state index contributed by atoms with van der Waals surface area (Å²) in [7, 11) is 0. The fourth-order valence-electron chi connectivity index (χ4n) is 5.35. The number of anilines is 2. The smallest absolute Gasteiger partial charge is 0.253 e. The minimum Gasteiger partial charge on any atom is -0.494 e. The number of hydrogen-bond donors (Lipinski definition) is 0. The van der Waals surface area contributed by atoms with E-state index in [1.165, 1.54) is 25.1 Å². The largest absolute Gasteiger partial charge is 0.494 e. The van der Waals surface area contributed by atoms with Gasteiger partial charge in [0.1, 0.15) is 12.4 Å². The summed E-state index contributed by atoms with van der Waals surface area (Å²) in [6, 6.07) is 13.3. The monoisotopic (exact) mass is 469 g/mol. The molecule has 3 aliphatic heterocycles. The van der Waals surface area contributed by atoms with Gasteiger partial charge in [-0.05, 0) is 87.4 Å². The van der Waals surface area contributed by atoms with Gasteiger partial charge in [0, 0.05) is 31.4 Å². The second kappa shape index (κ2) is 10.0. The van der Waals surface area contributed by atoms with Crippen LogP contribution in [0.25, 0.3) is 0 Å². The van der Waals surface area contributed by atoms with E-state index in [9.17, 15) is 4.79 Å². The van der Waals surface area contributed by atoms with Gasteiger partial charge in [0.15, 0.2) is 0 Å². The zero-order valence-electron chi connectivity index (χ0n) is 19.6. The summed E-state index contributed by atoms with van der Waals surface area (Å²) in [4.78, 5) is 19.3. The molecule has 0 bridgehead atoms. The average molecular weight is 470 g/mol. The minimum atomic E-state index is -0.232. The average Bonchev–Trinajstić information content (AvgIpc) is 3.52. The summed E-state index contributed by atoms with van der Waals surface area (Å²) in [6.45, 7) is 8.16. The van der Waals surface area contributed by atoms with Crippen molar-refractivity contribution < 1.29 is 14.3 Å². The van der Waals surface area contributed by atoms with Crippen molar-refractivity contribution in [2.24, 2.45) is 0 Å². The summed E-state index contributed by atoms with van der Waals surface area (Å²) < 4.78 is 12.1. The summed E-state index contributed by atoms with van der Waals surface area (Å²) in [5.74, 6) is 1.01. The van der Waals surface area contributed by atoms with E-state index in [1.54, 1.807) is 11.3 Å². The van der Waals surface area contributed by atoms with Gasteiger partial charge in [-0.15, -0.1) is 11.3 Å². The molecule has 33 heavy (non-hydrogen) atoms. The third kappa shape index (κ3) is 5.20. The van der Waals surface area contributed by atoms with Crippen molar-refractivity contribution in [2.45, 2.75) is 50.7 Å². The van der Waals surface area contributed by atoms with Crippen LogP contribution in [0.5, 0.6) is 5.75 Å². The maximum Gasteiger partial charge on any atom is 0.253 e. The van der Waals surface area contributed by atoms with Crippen molar-refractivity contribution >= 4 is 27.9 Å². The molecule has 0 unspecified atom stereocenters. The van der Waals surface area contributed by atoms with Crippen molar-refractivity contribution in [3.8, 4) is 5.75 Å². The number of carbonyl (C=O) groups is 1. The lowest BCUT2D eigenvalue weighted by Crippen LogP contribution is -2.59. The molecule has 7 heteroatoms. The van der Waals surface area contributed by atoms with E-state index in [0.29, 0.717) is 6.54 Å². The van der Waals surface area contributed by atoms with Crippen molar-refractivity contribution in [1.29, 1.82) is 0 Å². The molecule has 5 rings (SSSR count). The number of likely N-dealkylation sites (tertiary alicyclic amines) is 1. The van der Waals surface area contributed by atoms with Crippen LogP contribution in [0.2, 0.25) is 0 Å². The van der Waals surface area contributed by atoms with Gasteiger partial charge in [-0.3, -0.25) is 9.69 Å². The van der Waals surface area contributed by atoms with Crippen molar-refractivity contribution in [3.05, 3.63) is 41.8 Å². The first-order valence-corrected chi connectivity index (χ1v) is 13.2. The van der Waals surface area contributed by atoms with Gasteiger partial charge in [-0.1, -0.05) is 0 Å². The summed E-state index contributed by atoms with van der Waals surface area (Å²) in [6.07, 6.45) is 5.59. The van der Waals surface area contributed by atoms with E-state index >= 15 is 0 Å². The van der Waals surface area contributed by atoms with Gasteiger partial charge in [0.05, 0.1) is 23.8 Å². The van der Waals surface area contributed by atoms with Crippen LogP contribution in [0.15, 0.2) is 41.8 Å². The molecule has 2 aromatic rings. The molecule has 0 radical (unpaired) electrons. The van der Waals surface area contributed by atoms with Gasteiger partial charge in [-0.2, -0.15) is 0 Å². The Hall–Kier alpha value is -2.09. The third-order valence-electron chi connectivity index (χ3n) is 7.45. The number of carbonyl (C=O) groups excluding carboxylic acids is 1. The Morgan fingerprint density at radius 1 is 1.15 bits per heavy atom. The molecule has 1 aromatic heterocycles. The molecule has 4 heterocycles. The highest BCUT2D eigenvalue weighted by Gasteiger charge is 2.43. The van der Waals surface area contributed by atoms with E-state index in [-0.39, 0.29) is 18.1 Å². The normalized spacial score (nSPS) is 23.4. The van der Waals surface area contributed by atoms with Crippen molar-refractivity contribution in [1.82, 2.24) is 4.90 Å². The van der Waals surface area contributed by atoms with Crippen molar-refractivity contribution in [3.63, 3.8) is 0 Å². The number of morpholine rings is 1. The second-order valence-electron chi connectivity index (χ2n) is 9.61. The van der Waals surface area contributed by atoms with E-state index in [0.717, 1.165) is 62.3 Å². The van der Waals surface area contributed by atoms with Gasteiger partial charge >= 0.3 is 0 Å². The zero-order chi connectivity index (χ0) is 22.7. The van der Waals surface area contributed by atoms with E-state index in [2.05, 4.69) is 41.0 Å². The van der Waals surface area contributed by atoms with Crippen LogP contribution in [0.1, 0.15) is 39.0 Å². The van der Waals surface area contributed by atoms with Gasteiger partial charge in [0.25, 0.3) is 5.91 Å². The van der Waals surface area contributed by atoms with Crippen LogP contribution in [0.4, 0.5) is 10.7 Å². The Bertz CT molecular complexity index is 909. The maximum absolute atomic E-state index is 12.4. The highest BCUT2D eigenvalue weighted by atomic mass is 32.1. The molecule has 1 spiro atoms. The van der Waals surface area contributed by atoms with Gasteiger partial charge in [0.2, 0.25) is 0 Å². The molecule has 6 nitrogen and oxygen atoms in total. The van der Waals surface area contributed by atoms with E-state index in [1.807, 2.05) is 22.4 Å². The first-order valence-electron chi connectivity index (χ1n) is 12.3. The molecule has 1 atom stereocenters. The van der Waals surface area contributed by atoms with E-state index < -0.39 is 0 Å². The molecule has 1 aromatic carbocycles. The summed E-state index contributed by atoms with van der Waals surface area (Å²) >= 11 is 1.62. The highest BCUT2D eigenvalue weighted by molar-refractivity contribution is 7.14. The van der Waals surface area contributed by atoms with Crippen LogP contribution in [0.3, 0.4) is 0 Å². The first-order chi connectivity index (χ1) is 16.1. The van der Waals surface area contributed by atoms with Gasteiger partial charge < -0.3 is 19.3 Å². The molecule has 3 fully saturated rings. The Morgan fingerprint density at radius 3 is 2.67 bits per heavy atom. The van der Waals surface area contributed by atoms with Crippen molar-refractivity contribution in [2.75, 3.05) is 55.7 Å². The predicted molar refractivity (Wildman–Crippen MR) is 134 cm³/mol. The predicted octanol–water partition coefficient (Wildman–Crippen LogP) is 4.40. The fourth-order valence-corrected chi connectivity index (χ4v) is 6.10. The van der Waals surface area contributed by atoms with Crippen LogP contribution in [0, 0.1) is 0 Å². The summed E-state index contributed by atoms with van der Waals surface area (Å²) in [5, 5.41) is 3.05. The lowest BCUT2D eigenvalue weighted by atomic mass is 9.89. The molecule has 3 aliphatic rings. The fraction of sp³-hybridized carbons (Fsp3) is 0.577. The standard InChI is InChI=1S/C26H35N3O3S/c1-21-5-2-13-27(21)14-4-17-31-23-9-7-22(8-10-23)28-15-11-26(12-16-28)20-29(24(30)19-32-26)25-6-3-18-33-25/h3,6-10,18,21H,2,4-5,11-17,19-20H2,1H3/t21-/m1/s1. The Kier molecular flexibility index (Phi) is 6.90. The van der Waals surface area contributed by atoms with Gasteiger partial charge in [-0.25, -0.2) is 0 Å². The second-order valence-corrected chi connectivity index (χ2v) is 10.5. The molecule has 1 amide bonds. The molecule has 0 aliphatic carbocycles. The summed E-state index contributed by atoms with van der Waals surface area (Å²) in [5.41, 5.74) is 0.995. The molecule has 0 saturated carbocycles. The number of hydrogen-bond acceptors (Lipinski definition) is 6. The topological polar surface area (TPSA) is 45.2 Å². The number of amides is 1. The molecule has 178 valence electrons. The molecule has 3 saturated heterocycles. The number of rotatable bonds is 7. The van der Waals surface area contributed by atoms with Crippen LogP contribution >= 0.6 is 11.3 Å². The number of benzene rings is 1. The molecular weight excluding hydrogens is 434 g/mol. The lowest BCUT2D eigenvalue weighted by molar-refractivity contribution is -0.141. The van der Waals surface area contributed by atoms with Crippen LogP contribution < -0.4 is 14.5 Å². The Labute approximate surface area is 201 Å². The third-order valence-corrected chi connectivity index (χ3v) is 8.34. The number of nitrogens with zero attached hydrogens (tertiary/aromatic N) is 3. The molecular formula is C26H35N3O3S. The number of ether oxygens (including phenoxy) is 2. The minimum absolute atomic E-state index is 0.0658. The first kappa shape index (κ1) is 22.7. The Morgan fingerprint density at radius 2 is 1.97 bits per heavy atom. The highest BCUT2D eigenvalue weighted by Crippen LogP contribution is 2.35. The molecule has 0 N–H and O–H groups in total.